The standard InChI is InChI=1S/C11H14O7/c1-5-9(12)15-7(3)17-11(14)18-8(4)16-10(13)6-2/h5-8H,1-2H2,3-4H3. The molecule has 0 fully saturated rings. The van der Waals surface area contributed by atoms with Gasteiger partial charge < -0.3 is 18.9 Å². The molecule has 0 aromatic rings. The van der Waals surface area contributed by atoms with Crippen molar-refractivity contribution in [1.29, 1.82) is 0 Å². The van der Waals surface area contributed by atoms with Gasteiger partial charge in [0.2, 0.25) is 12.6 Å². The van der Waals surface area contributed by atoms with Gasteiger partial charge in [0, 0.05) is 26.0 Å². The zero-order valence-electron chi connectivity index (χ0n) is 10.1. The Morgan fingerprint density at radius 1 is 0.833 bits per heavy atom. The summed E-state index contributed by atoms with van der Waals surface area (Å²) in [5.41, 5.74) is 0. The predicted octanol–water partition coefficient (Wildman–Crippen LogP) is 1.29. The largest absolute Gasteiger partial charge is 0.514 e. The van der Waals surface area contributed by atoms with Gasteiger partial charge in [-0.05, 0) is 0 Å². The second-order valence-electron chi connectivity index (χ2n) is 2.90. The second kappa shape index (κ2) is 7.88. The monoisotopic (exact) mass is 258 g/mol. The third-order valence-corrected chi connectivity index (χ3v) is 1.42. The molecule has 0 aromatic heterocycles. The van der Waals surface area contributed by atoms with Gasteiger partial charge in [-0.3, -0.25) is 0 Å². The minimum atomic E-state index is -1.15. The summed E-state index contributed by atoms with van der Waals surface area (Å²) in [6, 6.07) is 0. The average Bonchev–Trinajstić information content (AvgIpc) is 2.27. The van der Waals surface area contributed by atoms with E-state index in [-0.39, 0.29) is 0 Å². The fraction of sp³-hybridized carbons (Fsp3) is 0.364. The summed E-state index contributed by atoms with van der Waals surface area (Å²) in [5, 5.41) is 0. The normalized spacial score (nSPS) is 12.6. The van der Waals surface area contributed by atoms with Crippen molar-refractivity contribution < 1.29 is 33.3 Å². The van der Waals surface area contributed by atoms with Crippen LogP contribution in [0.1, 0.15) is 13.8 Å². The predicted molar refractivity (Wildman–Crippen MR) is 59.1 cm³/mol. The van der Waals surface area contributed by atoms with E-state index < -0.39 is 30.7 Å². The number of ether oxygens (including phenoxy) is 4. The van der Waals surface area contributed by atoms with Crippen LogP contribution in [0.15, 0.2) is 25.3 Å². The van der Waals surface area contributed by atoms with Gasteiger partial charge in [0.05, 0.1) is 0 Å². The van der Waals surface area contributed by atoms with E-state index in [4.69, 9.17) is 0 Å². The number of carbonyl (C=O) groups is 3. The zero-order chi connectivity index (χ0) is 14.1. The van der Waals surface area contributed by atoms with E-state index >= 15 is 0 Å². The Kier molecular flexibility index (Phi) is 6.87. The van der Waals surface area contributed by atoms with Crippen molar-refractivity contribution in [1.82, 2.24) is 0 Å². The fourth-order valence-corrected chi connectivity index (χ4v) is 0.770. The summed E-state index contributed by atoms with van der Waals surface area (Å²) in [5.74, 6) is -1.50. The average molecular weight is 258 g/mol. The van der Waals surface area contributed by atoms with Crippen LogP contribution in [-0.4, -0.2) is 30.7 Å². The van der Waals surface area contributed by atoms with Crippen LogP contribution in [0, 0.1) is 0 Å². The molecule has 0 radical (unpaired) electrons. The summed E-state index contributed by atoms with van der Waals surface area (Å²) in [4.78, 5) is 32.6. The lowest BCUT2D eigenvalue weighted by atomic mass is 10.6. The molecule has 0 amide bonds. The molecule has 100 valence electrons. The van der Waals surface area contributed by atoms with Gasteiger partial charge >= 0.3 is 18.1 Å². The van der Waals surface area contributed by atoms with Crippen LogP contribution in [0.2, 0.25) is 0 Å². The molecule has 0 aromatic carbocycles. The molecule has 0 aliphatic carbocycles. The van der Waals surface area contributed by atoms with Crippen molar-refractivity contribution in [3.63, 3.8) is 0 Å². The van der Waals surface area contributed by atoms with Crippen molar-refractivity contribution in [2.24, 2.45) is 0 Å². The van der Waals surface area contributed by atoms with Crippen LogP contribution in [0.4, 0.5) is 4.79 Å². The lowest BCUT2D eigenvalue weighted by Crippen LogP contribution is -2.26. The molecule has 0 heterocycles. The lowest BCUT2D eigenvalue weighted by molar-refractivity contribution is -0.174. The highest BCUT2D eigenvalue weighted by atomic mass is 16.8. The van der Waals surface area contributed by atoms with E-state index in [1.165, 1.54) is 13.8 Å². The molecule has 0 aliphatic heterocycles. The zero-order valence-corrected chi connectivity index (χ0v) is 10.1. The minimum Gasteiger partial charge on any atom is -0.422 e. The molecule has 0 aliphatic rings. The molecule has 0 N–H and O–H groups in total. The van der Waals surface area contributed by atoms with Crippen LogP contribution in [-0.2, 0) is 28.5 Å². The maximum Gasteiger partial charge on any atom is 0.514 e. The summed E-state index contributed by atoms with van der Waals surface area (Å²) >= 11 is 0. The first-order chi connectivity index (χ1) is 8.38. The van der Waals surface area contributed by atoms with Crippen LogP contribution in [0.25, 0.3) is 0 Å². The van der Waals surface area contributed by atoms with Crippen LogP contribution in [0.3, 0.4) is 0 Å². The molecule has 0 saturated carbocycles. The molecule has 7 heteroatoms. The number of esters is 2. The fourth-order valence-electron chi connectivity index (χ4n) is 0.770. The maximum absolute atomic E-state index is 11.1. The Labute approximate surface area is 104 Å². The van der Waals surface area contributed by atoms with Gasteiger partial charge in [-0.1, -0.05) is 13.2 Å². The SMILES string of the molecule is C=CC(=O)OC(C)OC(=O)OC(C)OC(=O)C=C. The summed E-state index contributed by atoms with van der Waals surface area (Å²) in [6.45, 7) is 8.96. The quantitative estimate of drug-likeness (QED) is 0.403. The van der Waals surface area contributed by atoms with Crippen LogP contribution < -0.4 is 0 Å². The summed E-state index contributed by atoms with van der Waals surface area (Å²) in [7, 11) is 0. The number of rotatable bonds is 6. The Morgan fingerprint density at radius 2 is 1.17 bits per heavy atom. The highest BCUT2D eigenvalue weighted by molar-refractivity contribution is 5.81. The third kappa shape index (κ3) is 7.04. The molecule has 0 bridgehead atoms. The van der Waals surface area contributed by atoms with E-state index in [1.54, 1.807) is 0 Å². The molecule has 18 heavy (non-hydrogen) atoms. The smallest absolute Gasteiger partial charge is 0.422 e. The Morgan fingerprint density at radius 3 is 1.44 bits per heavy atom. The summed E-state index contributed by atoms with van der Waals surface area (Å²) in [6.07, 6.45) is -1.61. The molecular formula is C11H14O7. The molecule has 2 atom stereocenters. The molecular weight excluding hydrogens is 244 g/mol. The van der Waals surface area contributed by atoms with E-state index in [0.717, 1.165) is 12.2 Å². The first-order valence-corrected chi connectivity index (χ1v) is 4.92. The van der Waals surface area contributed by atoms with Gasteiger partial charge in [0.1, 0.15) is 0 Å². The molecule has 0 spiro atoms. The van der Waals surface area contributed by atoms with Crippen LogP contribution >= 0.6 is 0 Å². The number of hydrogen-bond acceptors (Lipinski definition) is 7. The Hall–Kier alpha value is -2.31. The van der Waals surface area contributed by atoms with Gasteiger partial charge in [-0.25, -0.2) is 14.4 Å². The van der Waals surface area contributed by atoms with Crippen molar-refractivity contribution >= 4 is 18.1 Å². The minimum absolute atomic E-state index is 0.749. The summed E-state index contributed by atoms with van der Waals surface area (Å²) < 4.78 is 18.2. The first-order valence-electron chi connectivity index (χ1n) is 4.92. The maximum atomic E-state index is 11.1. The third-order valence-electron chi connectivity index (χ3n) is 1.42. The molecule has 2 unspecified atom stereocenters. The van der Waals surface area contributed by atoms with Gasteiger partial charge in [-0.15, -0.1) is 0 Å². The highest BCUT2D eigenvalue weighted by Gasteiger charge is 2.17. The topological polar surface area (TPSA) is 88.1 Å². The van der Waals surface area contributed by atoms with E-state index in [1.807, 2.05) is 0 Å². The van der Waals surface area contributed by atoms with E-state index in [2.05, 4.69) is 32.1 Å². The lowest BCUT2D eigenvalue weighted by Gasteiger charge is -2.15. The number of hydrogen-bond donors (Lipinski definition) is 0. The molecule has 0 rings (SSSR count). The highest BCUT2D eigenvalue weighted by Crippen LogP contribution is 2.02. The molecule has 0 saturated heterocycles. The van der Waals surface area contributed by atoms with Crippen molar-refractivity contribution in [2.75, 3.05) is 0 Å². The first kappa shape index (κ1) is 15.7. The molecule has 7 nitrogen and oxygen atoms in total. The Balaban J connectivity index is 4.02. The van der Waals surface area contributed by atoms with Crippen molar-refractivity contribution in [3.05, 3.63) is 25.3 Å². The van der Waals surface area contributed by atoms with E-state index in [0.29, 0.717) is 0 Å². The number of carbonyl (C=O) groups excluding carboxylic acids is 3. The second-order valence-corrected chi connectivity index (χ2v) is 2.90. The van der Waals surface area contributed by atoms with E-state index in [9.17, 15) is 14.4 Å². The van der Waals surface area contributed by atoms with Crippen molar-refractivity contribution in [2.45, 2.75) is 26.4 Å². The van der Waals surface area contributed by atoms with Gasteiger partial charge in [0.15, 0.2) is 0 Å². The van der Waals surface area contributed by atoms with Crippen molar-refractivity contribution in [3.8, 4) is 0 Å². The van der Waals surface area contributed by atoms with Crippen LogP contribution in [0.5, 0.6) is 0 Å². The Bertz CT molecular complexity index is 315. The van der Waals surface area contributed by atoms with Gasteiger partial charge in [-0.2, -0.15) is 0 Å². The van der Waals surface area contributed by atoms with Gasteiger partial charge in [0.25, 0.3) is 0 Å².